The number of carbonyl (C=O) groups is 2. The second-order valence-corrected chi connectivity index (χ2v) is 6.48. The molecule has 0 spiro atoms. The van der Waals surface area contributed by atoms with Crippen LogP contribution in [0.4, 0.5) is 5.69 Å². The first-order valence-electron chi connectivity index (χ1n) is 8.31. The van der Waals surface area contributed by atoms with Gasteiger partial charge in [-0.25, -0.2) is 9.78 Å². The highest BCUT2D eigenvalue weighted by atomic mass is 16.4. The molecule has 4 rings (SSSR count). The molecule has 0 bridgehead atoms. The fraction of sp³-hybridized carbons (Fsp3) is 0.278. The van der Waals surface area contributed by atoms with Crippen LogP contribution in [0.1, 0.15) is 35.1 Å². The Bertz CT molecular complexity index is 1010. The maximum Gasteiger partial charge on any atom is 0.355 e. The largest absolute Gasteiger partial charge is 0.476 e. The zero-order chi connectivity index (χ0) is 18.3. The lowest BCUT2D eigenvalue weighted by molar-refractivity contribution is -0.123. The molecule has 0 saturated heterocycles. The van der Waals surface area contributed by atoms with Gasteiger partial charge in [0.05, 0.1) is 0 Å². The molecule has 0 unspecified atom stereocenters. The maximum atomic E-state index is 12.6. The maximum absolute atomic E-state index is 12.6. The highest BCUT2D eigenvalue weighted by Crippen LogP contribution is 2.42. The first kappa shape index (κ1) is 16.2. The van der Waals surface area contributed by atoms with Gasteiger partial charge in [0, 0.05) is 36.2 Å². The number of carbonyl (C=O) groups excluding carboxylic acids is 1. The number of carboxylic acid groups (broad SMARTS) is 1. The van der Waals surface area contributed by atoms with Crippen molar-refractivity contribution in [3.05, 3.63) is 48.3 Å². The minimum absolute atomic E-state index is 0.00159. The Hall–Kier alpha value is -3.29. The van der Waals surface area contributed by atoms with E-state index in [1.807, 2.05) is 11.6 Å². The SMILES string of the molecule is Cn1cnnc1[C@@H]1CC[C@@H]1C(=O)Nc1ccc2c(C(=O)O)nccc2c1. The minimum atomic E-state index is -1.08. The molecule has 1 aromatic carbocycles. The summed E-state index contributed by atoms with van der Waals surface area (Å²) in [5, 5.41) is 21.4. The third kappa shape index (κ3) is 2.69. The average Bonchev–Trinajstić information content (AvgIpc) is 2.98. The van der Waals surface area contributed by atoms with Gasteiger partial charge in [-0.2, -0.15) is 0 Å². The van der Waals surface area contributed by atoms with Crippen molar-refractivity contribution in [3.63, 3.8) is 0 Å². The molecule has 26 heavy (non-hydrogen) atoms. The third-order valence-corrected chi connectivity index (χ3v) is 4.92. The molecule has 1 fully saturated rings. The Morgan fingerprint density at radius 3 is 2.77 bits per heavy atom. The number of aromatic nitrogens is 4. The number of anilines is 1. The van der Waals surface area contributed by atoms with Crippen LogP contribution in [0, 0.1) is 5.92 Å². The Morgan fingerprint density at radius 2 is 2.12 bits per heavy atom. The van der Waals surface area contributed by atoms with E-state index in [0.717, 1.165) is 18.7 Å². The van der Waals surface area contributed by atoms with Gasteiger partial charge in [0.1, 0.15) is 12.2 Å². The van der Waals surface area contributed by atoms with Crippen molar-refractivity contribution in [3.8, 4) is 0 Å². The number of benzene rings is 1. The molecule has 8 heteroatoms. The number of nitrogens with one attached hydrogen (secondary N) is 1. The monoisotopic (exact) mass is 351 g/mol. The number of fused-ring (bicyclic) bond motifs is 1. The summed E-state index contributed by atoms with van der Waals surface area (Å²) in [6.07, 6.45) is 4.81. The van der Waals surface area contributed by atoms with E-state index < -0.39 is 5.97 Å². The molecule has 3 aromatic rings. The van der Waals surface area contributed by atoms with E-state index in [4.69, 9.17) is 0 Å². The van der Waals surface area contributed by atoms with Gasteiger partial charge in [-0.1, -0.05) is 0 Å². The molecule has 2 heterocycles. The molecule has 1 saturated carbocycles. The fourth-order valence-electron chi connectivity index (χ4n) is 3.41. The second-order valence-electron chi connectivity index (χ2n) is 6.48. The second kappa shape index (κ2) is 6.21. The van der Waals surface area contributed by atoms with Crippen LogP contribution in [0.25, 0.3) is 10.8 Å². The standard InChI is InChI=1S/C18H17N5O3/c1-23-9-20-22-16(23)13-4-5-14(13)17(24)21-11-2-3-12-10(8-11)6-7-19-15(12)18(25)26/h2-3,6-9,13-14H,4-5H2,1H3,(H,21,24)(H,25,26)/t13-,14+/m1/s1. The summed E-state index contributed by atoms with van der Waals surface area (Å²) < 4.78 is 1.85. The fourth-order valence-corrected chi connectivity index (χ4v) is 3.41. The lowest BCUT2D eigenvalue weighted by Gasteiger charge is -2.34. The average molecular weight is 351 g/mol. The first-order valence-corrected chi connectivity index (χ1v) is 8.31. The van der Waals surface area contributed by atoms with Crippen LogP contribution in [0.15, 0.2) is 36.8 Å². The Labute approximate surface area is 148 Å². The summed E-state index contributed by atoms with van der Waals surface area (Å²) in [7, 11) is 1.88. The van der Waals surface area contributed by atoms with Crippen LogP contribution in [0.5, 0.6) is 0 Å². The molecule has 8 nitrogen and oxygen atoms in total. The predicted molar refractivity (Wildman–Crippen MR) is 93.8 cm³/mol. The van der Waals surface area contributed by atoms with Crippen LogP contribution in [0.2, 0.25) is 0 Å². The summed E-state index contributed by atoms with van der Waals surface area (Å²) in [6, 6.07) is 6.85. The summed E-state index contributed by atoms with van der Waals surface area (Å²) in [4.78, 5) is 27.8. The van der Waals surface area contributed by atoms with Gasteiger partial charge in [0.15, 0.2) is 5.69 Å². The van der Waals surface area contributed by atoms with Crippen molar-refractivity contribution in [2.45, 2.75) is 18.8 Å². The van der Waals surface area contributed by atoms with Gasteiger partial charge in [-0.3, -0.25) is 4.79 Å². The summed E-state index contributed by atoms with van der Waals surface area (Å²) in [5.41, 5.74) is 0.635. The van der Waals surface area contributed by atoms with E-state index in [-0.39, 0.29) is 23.4 Å². The minimum Gasteiger partial charge on any atom is -0.476 e. The topological polar surface area (TPSA) is 110 Å². The van der Waals surface area contributed by atoms with Crippen molar-refractivity contribution in [2.75, 3.05) is 5.32 Å². The number of carboxylic acids is 1. The molecule has 2 atom stereocenters. The van der Waals surface area contributed by atoms with Gasteiger partial charge in [-0.15, -0.1) is 10.2 Å². The lowest BCUT2D eigenvalue weighted by atomic mass is 9.72. The van der Waals surface area contributed by atoms with Crippen LogP contribution in [-0.4, -0.2) is 36.7 Å². The number of aromatic carboxylic acids is 1. The normalized spacial score (nSPS) is 19.1. The van der Waals surface area contributed by atoms with E-state index in [1.165, 1.54) is 6.20 Å². The van der Waals surface area contributed by atoms with Gasteiger partial charge in [0.25, 0.3) is 0 Å². The molecular formula is C18H17N5O3. The lowest BCUT2D eigenvalue weighted by Crippen LogP contribution is -2.36. The molecule has 2 N–H and O–H groups in total. The smallest absolute Gasteiger partial charge is 0.355 e. The highest BCUT2D eigenvalue weighted by molar-refractivity contribution is 6.03. The van der Waals surface area contributed by atoms with Crippen molar-refractivity contribution < 1.29 is 14.7 Å². The number of aryl methyl sites for hydroxylation is 1. The Balaban J connectivity index is 1.55. The van der Waals surface area contributed by atoms with E-state index in [9.17, 15) is 14.7 Å². The number of hydrogen-bond donors (Lipinski definition) is 2. The summed E-state index contributed by atoms with van der Waals surface area (Å²) >= 11 is 0. The van der Waals surface area contributed by atoms with Crippen LogP contribution in [0.3, 0.4) is 0 Å². The van der Waals surface area contributed by atoms with Crippen molar-refractivity contribution in [1.82, 2.24) is 19.7 Å². The van der Waals surface area contributed by atoms with E-state index in [2.05, 4.69) is 20.5 Å². The van der Waals surface area contributed by atoms with Crippen LogP contribution in [-0.2, 0) is 11.8 Å². The van der Waals surface area contributed by atoms with Gasteiger partial charge in [0.2, 0.25) is 5.91 Å². The first-order chi connectivity index (χ1) is 12.5. The molecule has 2 aromatic heterocycles. The van der Waals surface area contributed by atoms with Crippen LogP contribution >= 0.6 is 0 Å². The third-order valence-electron chi connectivity index (χ3n) is 4.92. The number of amides is 1. The quantitative estimate of drug-likeness (QED) is 0.745. The van der Waals surface area contributed by atoms with Crippen LogP contribution < -0.4 is 5.32 Å². The van der Waals surface area contributed by atoms with Gasteiger partial charge >= 0.3 is 5.97 Å². The van der Waals surface area contributed by atoms with E-state index >= 15 is 0 Å². The van der Waals surface area contributed by atoms with E-state index in [1.54, 1.807) is 30.6 Å². The molecule has 1 amide bonds. The predicted octanol–water partition coefficient (Wildman–Crippen LogP) is 2.19. The number of rotatable bonds is 4. The molecule has 0 aliphatic heterocycles. The number of pyridine rings is 1. The molecule has 0 radical (unpaired) electrons. The number of nitrogens with zero attached hydrogens (tertiary/aromatic N) is 4. The zero-order valence-corrected chi connectivity index (χ0v) is 14.1. The molecule has 132 valence electrons. The Kier molecular flexibility index (Phi) is 3.87. The molecular weight excluding hydrogens is 334 g/mol. The van der Waals surface area contributed by atoms with E-state index in [0.29, 0.717) is 16.5 Å². The van der Waals surface area contributed by atoms with Gasteiger partial charge < -0.3 is 15.0 Å². The van der Waals surface area contributed by atoms with Crippen molar-refractivity contribution in [1.29, 1.82) is 0 Å². The van der Waals surface area contributed by atoms with Crippen molar-refractivity contribution in [2.24, 2.45) is 13.0 Å². The zero-order valence-electron chi connectivity index (χ0n) is 14.1. The summed E-state index contributed by atoms with van der Waals surface area (Å²) in [5.74, 6) is -0.372. The molecule has 1 aliphatic carbocycles. The van der Waals surface area contributed by atoms with Gasteiger partial charge in [-0.05, 0) is 42.5 Å². The van der Waals surface area contributed by atoms with Crippen molar-refractivity contribution >= 4 is 28.3 Å². The molecule has 1 aliphatic rings. The summed E-state index contributed by atoms with van der Waals surface area (Å²) in [6.45, 7) is 0. The number of hydrogen-bond acceptors (Lipinski definition) is 5. The highest BCUT2D eigenvalue weighted by Gasteiger charge is 2.40. The Morgan fingerprint density at radius 1 is 1.27 bits per heavy atom.